The first-order valence-electron chi connectivity index (χ1n) is 22.9. The number of rotatable bonds is 8. The van der Waals surface area contributed by atoms with Gasteiger partial charge in [0.25, 0.3) is 0 Å². The van der Waals surface area contributed by atoms with Gasteiger partial charge in [0.15, 0.2) is 11.6 Å². The molecule has 5 aliphatic heterocycles. The molecule has 18 heteroatoms. The molecule has 9 heterocycles. The van der Waals surface area contributed by atoms with Gasteiger partial charge in [-0.1, -0.05) is 60.7 Å². The fourth-order valence-corrected chi connectivity index (χ4v) is 12.2. The lowest BCUT2D eigenvalue weighted by Crippen LogP contribution is -2.43. The summed E-state index contributed by atoms with van der Waals surface area (Å²) in [4.78, 5) is 6.25. The van der Waals surface area contributed by atoms with Crippen LogP contribution in [0.3, 0.4) is 0 Å². The van der Waals surface area contributed by atoms with Crippen LogP contribution < -0.4 is 0 Å². The van der Waals surface area contributed by atoms with Gasteiger partial charge in [0.05, 0.1) is 54.6 Å². The number of aryl methyl sites for hydroxylation is 2. The third-order valence-corrected chi connectivity index (χ3v) is 16.4. The lowest BCUT2D eigenvalue weighted by atomic mass is 9.89. The highest BCUT2D eigenvalue weighted by Gasteiger charge is 2.51. The largest absolute Gasteiger partial charge is 0.472 e. The molecule has 3 saturated heterocycles. The Labute approximate surface area is 404 Å². The van der Waals surface area contributed by atoms with Crippen LogP contribution in [0.25, 0.3) is 10.0 Å². The highest BCUT2D eigenvalue weighted by molar-refractivity contribution is 9.11. The number of hydrogen-bond acceptors (Lipinski definition) is 14. The fraction of sp³-hybridized carbons (Fsp3) is 0.500. The van der Waals surface area contributed by atoms with Crippen molar-refractivity contribution in [2.75, 3.05) is 59.1 Å². The van der Waals surface area contributed by atoms with Gasteiger partial charge >= 0.3 is 7.12 Å². The van der Waals surface area contributed by atoms with Crippen LogP contribution >= 0.6 is 38.6 Å². The molecule has 0 radical (unpaired) electrons. The van der Waals surface area contributed by atoms with Crippen LogP contribution in [0.15, 0.2) is 64.5 Å². The molecule has 4 aromatic heterocycles. The van der Waals surface area contributed by atoms with Crippen LogP contribution in [0.4, 0.5) is 0 Å². The van der Waals surface area contributed by atoms with Gasteiger partial charge in [0.1, 0.15) is 34.9 Å². The minimum atomic E-state index is -0.218. The molecule has 6 aromatic rings. The average molecular weight is 1000 g/mol. The molecule has 0 atom stereocenters. The van der Waals surface area contributed by atoms with E-state index in [0.717, 1.165) is 106 Å². The van der Waals surface area contributed by atoms with E-state index in [0.29, 0.717) is 26.4 Å². The zero-order valence-corrected chi connectivity index (χ0v) is 42.1. The average Bonchev–Trinajstić information content (AvgIpc) is 4.02. The number of fused-ring (bicyclic) bond motifs is 6. The van der Waals surface area contributed by atoms with Gasteiger partial charge in [-0.2, -0.15) is 0 Å². The SMILES string of the molecule is CC1(C)OB(CN2CCOCC2)OC1(C)C.Cc1nnc2n1-c1sc(Br)c(Cc3ccccc3)c1COC2.Cc1nnc2n1-c1sc(CN3CCOCC3)c(Cc3ccccc3)c1COC2. The van der Waals surface area contributed by atoms with E-state index in [4.69, 9.17) is 28.3 Å². The van der Waals surface area contributed by atoms with Crippen molar-refractivity contribution in [2.24, 2.45) is 0 Å². The molecule has 5 aliphatic rings. The summed E-state index contributed by atoms with van der Waals surface area (Å²) in [6, 6.07) is 21.2. The highest BCUT2D eigenvalue weighted by atomic mass is 79.9. The molecule has 14 nitrogen and oxygen atoms in total. The number of halogens is 1. The van der Waals surface area contributed by atoms with Gasteiger partial charge in [-0.3, -0.25) is 14.0 Å². The summed E-state index contributed by atoms with van der Waals surface area (Å²) in [5.74, 6) is 3.59. The van der Waals surface area contributed by atoms with Crippen molar-refractivity contribution in [3.05, 3.63) is 126 Å². The zero-order chi connectivity index (χ0) is 45.8. The van der Waals surface area contributed by atoms with Crippen LogP contribution in [0.2, 0.25) is 0 Å². The summed E-state index contributed by atoms with van der Waals surface area (Å²) >= 11 is 7.33. The Hall–Kier alpha value is -3.66. The fourth-order valence-electron chi connectivity index (χ4n) is 8.77. The van der Waals surface area contributed by atoms with E-state index in [1.807, 2.05) is 31.3 Å². The quantitative estimate of drug-likeness (QED) is 0.137. The zero-order valence-electron chi connectivity index (χ0n) is 38.9. The lowest BCUT2D eigenvalue weighted by molar-refractivity contribution is 0.00578. The molecule has 3 fully saturated rings. The van der Waals surface area contributed by atoms with Crippen LogP contribution in [0.1, 0.15) is 89.3 Å². The number of aromatic nitrogens is 6. The molecule has 350 valence electrons. The van der Waals surface area contributed by atoms with Crippen molar-refractivity contribution in [2.45, 2.75) is 98.6 Å². The first kappa shape index (κ1) is 47.4. The Morgan fingerprint density at radius 2 is 1.06 bits per heavy atom. The van der Waals surface area contributed by atoms with Crippen LogP contribution in [-0.2, 0) is 74.1 Å². The summed E-state index contributed by atoms with van der Waals surface area (Å²) in [5, 5.41) is 19.4. The van der Waals surface area contributed by atoms with Crippen LogP contribution in [0, 0.1) is 13.8 Å². The molecule has 0 aliphatic carbocycles. The molecule has 0 saturated carbocycles. The Morgan fingerprint density at radius 1 is 0.591 bits per heavy atom. The molecule has 0 amide bonds. The Balaban J connectivity index is 0.000000130. The van der Waals surface area contributed by atoms with Gasteiger partial charge < -0.3 is 33.2 Å². The van der Waals surface area contributed by atoms with Gasteiger partial charge in [0, 0.05) is 55.2 Å². The van der Waals surface area contributed by atoms with Crippen LogP contribution in [-0.4, -0.2) is 117 Å². The normalized spacial score (nSPS) is 19.0. The predicted octanol–water partition coefficient (Wildman–Crippen LogP) is 8.06. The predicted molar refractivity (Wildman–Crippen MR) is 261 cm³/mol. The van der Waals surface area contributed by atoms with Crippen molar-refractivity contribution in [1.29, 1.82) is 0 Å². The van der Waals surface area contributed by atoms with E-state index in [2.05, 4.69) is 138 Å². The third kappa shape index (κ3) is 10.6. The maximum atomic E-state index is 5.99. The number of benzene rings is 2. The maximum absolute atomic E-state index is 5.99. The summed E-state index contributed by atoms with van der Waals surface area (Å²) in [6.45, 7) is 22.8. The van der Waals surface area contributed by atoms with E-state index in [-0.39, 0.29) is 18.3 Å². The first-order valence-corrected chi connectivity index (χ1v) is 25.3. The number of ether oxygens (including phenoxy) is 4. The van der Waals surface area contributed by atoms with E-state index in [9.17, 15) is 0 Å². The molecule has 0 unspecified atom stereocenters. The van der Waals surface area contributed by atoms with Crippen molar-refractivity contribution in [3.63, 3.8) is 0 Å². The number of morpholine rings is 2. The smallest absolute Gasteiger partial charge is 0.402 e. The molecular weight excluding hydrogens is 939 g/mol. The molecule has 2 aromatic carbocycles. The van der Waals surface area contributed by atoms with Crippen molar-refractivity contribution in [3.8, 4) is 10.0 Å². The molecular formula is C48H60BBrN8O6S2. The molecule has 66 heavy (non-hydrogen) atoms. The summed E-state index contributed by atoms with van der Waals surface area (Å²) in [5.41, 5.74) is 7.42. The van der Waals surface area contributed by atoms with E-state index >= 15 is 0 Å². The second-order valence-corrected chi connectivity index (χ2v) is 21.6. The molecule has 0 bridgehead atoms. The minimum absolute atomic E-state index is 0.108. The standard InChI is InChI=1S/C21H24N4O2S.C16H14BrN3OS.C11H22BNO3/c1-15-22-23-20-14-27-13-18-17(11-16-5-3-2-4-6-16)19(28-21(18)25(15)20)12-24-7-9-26-10-8-24;1-10-18-19-14-9-21-8-13-12(7-11-5-3-2-4-6-11)15(17)22-16(13)20(10)14;1-10(2)11(3,4)16-12(15-10)9-13-5-7-14-8-6-13/h2-6H,7-14H2,1H3;2-6H,7-9H2,1H3;5-9H2,1-4H3. The molecule has 0 N–H and O–H groups in total. The van der Waals surface area contributed by atoms with Crippen LogP contribution in [0.5, 0.6) is 0 Å². The van der Waals surface area contributed by atoms with Crippen molar-refractivity contribution < 1.29 is 28.3 Å². The first-order chi connectivity index (χ1) is 31.9. The second kappa shape index (κ2) is 20.9. The van der Waals surface area contributed by atoms with Gasteiger partial charge in [-0.15, -0.1) is 43.1 Å². The monoisotopic (exact) mass is 998 g/mol. The number of nitrogens with zero attached hydrogens (tertiary/aromatic N) is 8. The Bertz CT molecular complexity index is 2540. The van der Waals surface area contributed by atoms with Gasteiger partial charge in [-0.05, 0) is 92.6 Å². The van der Waals surface area contributed by atoms with Gasteiger partial charge in [-0.25, -0.2) is 0 Å². The number of thiophene rings is 2. The second-order valence-electron chi connectivity index (χ2n) is 18.2. The topological polar surface area (TPSA) is 123 Å². The van der Waals surface area contributed by atoms with E-state index in [1.165, 1.54) is 48.3 Å². The Kier molecular flexibility index (Phi) is 15.0. The maximum Gasteiger partial charge on any atom is 0.472 e. The van der Waals surface area contributed by atoms with E-state index < -0.39 is 0 Å². The summed E-state index contributed by atoms with van der Waals surface area (Å²) in [7, 11) is -0.108. The Morgan fingerprint density at radius 3 is 1.59 bits per heavy atom. The lowest BCUT2D eigenvalue weighted by Gasteiger charge is -2.32. The van der Waals surface area contributed by atoms with Crippen molar-refractivity contribution >= 4 is 45.7 Å². The highest BCUT2D eigenvalue weighted by Crippen LogP contribution is 2.41. The third-order valence-electron chi connectivity index (χ3n) is 13.1. The van der Waals surface area contributed by atoms with E-state index in [1.54, 1.807) is 11.3 Å². The summed E-state index contributed by atoms with van der Waals surface area (Å²) in [6.07, 6.45) is 2.66. The number of hydrogen-bond donors (Lipinski definition) is 0. The molecule has 0 spiro atoms. The van der Waals surface area contributed by atoms with Gasteiger partial charge in [0.2, 0.25) is 0 Å². The van der Waals surface area contributed by atoms with Crippen molar-refractivity contribution in [1.82, 2.24) is 39.3 Å². The molecule has 11 rings (SSSR count). The minimum Gasteiger partial charge on any atom is -0.402 e. The summed E-state index contributed by atoms with van der Waals surface area (Å²) < 4.78 is 40.0.